The van der Waals surface area contributed by atoms with E-state index in [0.717, 1.165) is 36.6 Å². The zero-order chi connectivity index (χ0) is 20.2. The van der Waals surface area contributed by atoms with E-state index in [2.05, 4.69) is 21.0 Å². The van der Waals surface area contributed by atoms with E-state index in [9.17, 15) is 4.79 Å². The third-order valence-electron chi connectivity index (χ3n) is 5.30. The highest BCUT2D eigenvalue weighted by Gasteiger charge is 2.23. The lowest BCUT2D eigenvalue weighted by Crippen LogP contribution is -2.48. The molecule has 0 radical (unpaired) electrons. The van der Waals surface area contributed by atoms with Crippen LogP contribution >= 0.6 is 0 Å². The van der Waals surface area contributed by atoms with Crippen LogP contribution in [0.25, 0.3) is 11.3 Å². The van der Waals surface area contributed by atoms with Crippen molar-refractivity contribution < 1.29 is 9.53 Å². The molecule has 0 unspecified atom stereocenters. The molecule has 1 saturated heterocycles. The second-order valence-electron chi connectivity index (χ2n) is 7.19. The van der Waals surface area contributed by atoms with Crippen molar-refractivity contribution in [1.82, 2.24) is 24.6 Å². The van der Waals surface area contributed by atoms with Crippen molar-refractivity contribution in [3.63, 3.8) is 0 Å². The number of nitrogens with zero attached hydrogens (tertiary/aromatic N) is 5. The van der Waals surface area contributed by atoms with Gasteiger partial charge in [0.2, 0.25) is 0 Å². The van der Waals surface area contributed by atoms with Crippen LogP contribution in [0.5, 0.6) is 5.75 Å². The number of ether oxygens (including phenoxy) is 1. The Morgan fingerprint density at radius 3 is 2.66 bits per heavy atom. The third-order valence-corrected chi connectivity index (χ3v) is 5.30. The molecule has 3 heterocycles. The van der Waals surface area contributed by atoms with E-state index in [1.807, 2.05) is 53.2 Å². The molecule has 29 heavy (non-hydrogen) atoms. The summed E-state index contributed by atoms with van der Waals surface area (Å²) < 4.78 is 7.16. The second kappa shape index (κ2) is 8.45. The first-order chi connectivity index (χ1) is 14.1. The molecular weight excluding hydrogens is 366 g/mol. The number of benzene rings is 1. The van der Waals surface area contributed by atoms with Crippen LogP contribution in [0.15, 0.2) is 54.9 Å². The Kier molecular flexibility index (Phi) is 5.57. The quantitative estimate of drug-likeness (QED) is 0.669. The van der Waals surface area contributed by atoms with Gasteiger partial charge in [0, 0.05) is 63.3 Å². The van der Waals surface area contributed by atoms with E-state index in [0.29, 0.717) is 24.4 Å². The summed E-state index contributed by atoms with van der Waals surface area (Å²) >= 11 is 0. The Balaban J connectivity index is 1.37. The van der Waals surface area contributed by atoms with Gasteiger partial charge in [-0.15, -0.1) is 0 Å². The lowest BCUT2D eigenvalue weighted by Gasteiger charge is -2.34. The normalized spacial score (nSPS) is 14.8. The average molecular weight is 391 g/mol. The number of methoxy groups -OCH3 is 1. The molecule has 1 aliphatic rings. The summed E-state index contributed by atoms with van der Waals surface area (Å²) in [5.41, 5.74) is 3.77. The number of carbonyl (C=O) groups is 1. The lowest BCUT2D eigenvalue weighted by atomic mass is 10.1. The van der Waals surface area contributed by atoms with E-state index in [1.165, 1.54) is 0 Å². The van der Waals surface area contributed by atoms with Gasteiger partial charge in [0.25, 0.3) is 5.91 Å². The maximum atomic E-state index is 12.8. The minimum Gasteiger partial charge on any atom is -0.497 e. The van der Waals surface area contributed by atoms with Crippen LogP contribution in [0.1, 0.15) is 16.1 Å². The van der Waals surface area contributed by atoms with Crippen LogP contribution in [0.4, 0.5) is 0 Å². The fourth-order valence-electron chi connectivity index (χ4n) is 3.59. The molecule has 1 aromatic carbocycles. The highest BCUT2D eigenvalue weighted by atomic mass is 16.5. The van der Waals surface area contributed by atoms with E-state index in [4.69, 9.17) is 4.74 Å². The minimum absolute atomic E-state index is 0.0583. The number of hydrogen-bond donors (Lipinski definition) is 0. The predicted molar refractivity (Wildman–Crippen MR) is 111 cm³/mol. The number of rotatable bonds is 5. The molecular formula is C22H25N5O2. The fourth-order valence-corrected chi connectivity index (χ4v) is 3.59. The van der Waals surface area contributed by atoms with Gasteiger partial charge in [0.1, 0.15) is 5.75 Å². The molecule has 0 N–H and O–H groups in total. The number of piperazine rings is 1. The summed E-state index contributed by atoms with van der Waals surface area (Å²) in [4.78, 5) is 21.2. The number of aromatic nitrogens is 3. The zero-order valence-electron chi connectivity index (χ0n) is 16.8. The van der Waals surface area contributed by atoms with Gasteiger partial charge in [0.15, 0.2) is 0 Å². The Hall–Kier alpha value is -3.19. The molecule has 0 atom stereocenters. The molecule has 1 fully saturated rings. The van der Waals surface area contributed by atoms with Crippen molar-refractivity contribution in [3.05, 3.63) is 66.1 Å². The van der Waals surface area contributed by atoms with Gasteiger partial charge in [-0.25, -0.2) is 0 Å². The summed E-state index contributed by atoms with van der Waals surface area (Å²) in [6.45, 7) is 3.91. The molecule has 4 rings (SSSR count). The van der Waals surface area contributed by atoms with Crippen LogP contribution in [0.2, 0.25) is 0 Å². The maximum absolute atomic E-state index is 12.8. The van der Waals surface area contributed by atoms with Crippen LogP contribution in [-0.2, 0) is 13.6 Å². The molecule has 0 bridgehead atoms. The van der Waals surface area contributed by atoms with Crippen molar-refractivity contribution in [2.45, 2.75) is 6.54 Å². The molecule has 2 aromatic heterocycles. The number of carbonyl (C=O) groups excluding carboxylic acids is 1. The zero-order valence-corrected chi connectivity index (χ0v) is 16.8. The maximum Gasteiger partial charge on any atom is 0.254 e. The molecule has 0 spiro atoms. The van der Waals surface area contributed by atoms with E-state index in [-0.39, 0.29) is 5.91 Å². The van der Waals surface area contributed by atoms with Crippen molar-refractivity contribution >= 4 is 5.91 Å². The molecule has 1 amide bonds. The highest BCUT2D eigenvalue weighted by Crippen LogP contribution is 2.20. The first kappa shape index (κ1) is 19.1. The largest absolute Gasteiger partial charge is 0.497 e. The summed E-state index contributed by atoms with van der Waals surface area (Å²) in [6.07, 6.45) is 3.59. The number of pyridine rings is 1. The standard InChI is InChI=1S/C22H25N5O2/c1-25-19(14-21(24-25)18-6-4-8-23-15-18)16-26-9-11-27(12-10-26)22(28)17-5-3-7-20(13-17)29-2/h3-8,13-15H,9-12,16H2,1-2H3. The number of amides is 1. The van der Waals surface area contributed by atoms with E-state index < -0.39 is 0 Å². The summed E-state index contributed by atoms with van der Waals surface area (Å²) in [5, 5.41) is 4.62. The van der Waals surface area contributed by atoms with Gasteiger partial charge in [0.05, 0.1) is 18.5 Å². The van der Waals surface area contributed by atoms with E-state index in [1.54, 1.807) is 19.4 Å². The van der Waals surface area contributed by atoms with Gasteiger partial charge < -0.3 is 9.64 Å². The number of aryl methyl sites for hydroxylation is 1. The van der Waals surface area contributed by atoms with Gasteiger partial charge in [-0.3, -0.25) is 19.4 Å². The average Bonchev–Trinajstić information content (AvgIpc) is 3.14. The molecule has 3 aromatic rings. The summed E-state index contributed by atoms with van der Waals surface area (Å²) in [6, 6.07) is 13.4. The molecule has 0 saturated carbocycles. The third kappa shape index (κ3) is 4.30. The number of hydrogen-bond acceptors (Lipinski definition) is 5. The van der Waals surface area contributed by atoms with Gasteiger partial charge >= 0.3 is 0 Å². The van der Waals surface area contributed by atoms with Crippen molar-refractivity contribution in [1.29, 1.82) is 0 Å². The lowest BCUT2D eigenvalue weighted by molar-refractivity contribution is 0.0625. The van der Waals surface area contributed by atoms with Crippen molar-refractivity contribution in [2.75, 3.05) is 33.3 Å². The summed E-state index contributed by atoms with van der Waals surface area (Å²) in [5.74, 6) is 0.762. The Morgan fingerprint density at radius 1 is 1.10 bits per heavy atom. The Bertz CT molecular complexity index is 978. The highest BCUT2D eigenvalue weighted by molar-refractivity contribution is 5.94. The van der Waals surface area contributed by atoms with Crippen LogP contribution < -0.4 is 4.74 Å². The topological polar surface area (TPSA) is 63.5 Å². The van der Waals surface area contributed by atoms with Crippen LogP contribution in [-0.4, -0.2) is 63.8 Å². The monoisotopic (exact) mass is 391 g/mol. The SMILES string of the molecule is COc1cccc(C(=O)N2CCN(Cc3cc(-c4cccnc4)nn3C)CC2)c1. The first-order valence-electron chi connectivity index (χ1n) is 9.73. The molecule has 1 aliphatic heterocycles. The van der Waals surface area contributed by atoms with Crippen LogP contribution in [0.3, 0.4) is 0 Å². The van der Waals surface area contributed by atoms with Gasteiger partial charge in [-0.1, -0.05) is 6.07 Å². The molecule has 7 heteroatoms. The van der Waals surface area contributed by atoms with E-state index >= 15 is 0 Å². The van der Waals surface area contributed by atoms with Crippen LogP contribution in [0, 0.1) is 0 Å². The smallest absolute Gasteiger partial charge is 0.254 e. The Morgan fingerprint density at radius 2 is 1.93 bits per heavy atom. The summed E-state index contributed by atoms with van der Waals surface area (Å²) in [7, 11) is 3.58. The predicted octanol–water partition coefficient (Wildman–Crippen LogP) is 2.45. The van der Waals surface area contributed by atoms with Crippen molar-refractivity contribution in [2.24, 2.45) is 7.05 Å². The molecule has 150 valence electrons. The molecule has 0 aliphatic carbocycles. The van der Waals surface area contributed by atoms with Gasteiger partial charge in [-0.05, 0) is 36.4 Å². The van der Waals surface area contributed by atoms with Gasteiger partial charge in [-0.2, -0.15) is 5.10 Å². The fraction of sp³-hybridized carbons (Fsp3) is 0.318. The molecule has 7 nitrogen and oxygen atoms in total. The first-order valence-corrected chi connectivity index (χ1v) is 9.73. The van der Waals surface area contributed by atoms with Crippen molar-refractivity contribution in [3.8, 4) is 17.0 Å². The minimum atomic E-state index is 0.0583. The Labute approximate surface area is 170 Å². The second-order valence-corrected chi connectivity index (χ2v) is 7.19.